The van der Waals surface area contributed by atoms with Crippen LogP contribution < -0.4 is 0 Å². The maximum Gasteiger partial charge on any atom is 0.0978 e. The predicted molar refractivity (Wildman–Crippen MR) is 63.4 cm³/mol. The van der Waals surface area contributed by atoms with E-state index in [-0.39, 0.29) is 0 Å². The molecule has 0 spiro atoms. The molecule has 0 amide bonds. The fourth-order valence-electron chi connectivity index (χ4n) is 1.99. The minimum Gasteiger partial charge on any atom is -0.498 e. The zero-order chi connectivity index (χ0) is 10.3. The third kappa shape index (κ3) is 3.43. The molecule has 0 saturated heterocycles. The predicted octanol–water partition coefficient (Wildman–Crippen LogP) is 4.01. The van der Waals surface area contributed by atoms with Crippen LogP contribution >= 0.6 is 0 Å². The molecule has 1 fully saturated rings. The smallest absolute Gasteiger partial charge is 0.0978 e. The molecular formula is C14H18O. The Morgan fingerprint density at radius 2 is 1.73 bits per heavy atom. The summed E-state index contributed by atoms with van der Waals surface area (Å²) in [5.41, 5.74) is 1.20. The van der Waals surface area contributed by atoms with Crippen molar-refractivity contribution in [3.05, 3.63) is 42.2 Å². The minimum absolute atomic E-state index is 0.457. The van der Waals surface area contributed by atoms with Gasteiger partial charge in [-0.05, 0) is 37.3 Å². The summed E-state index contributed by atoms with van der Waals surface area (Å²) in [4.78, 5) is 0. The molecule has 0 unspecified atom stereocenters. The van der Waals surface area contributed by atoms with E-state index < -0.39 is 0 Å². The molecule has 1 aromatic rings. The third-order valence-electron chi connectivity index (χ3n) is 2.88. The molecule has 1 nitrogen and oxygen atoms in total. The lowest BCUT2D eigenvalue weighted by Gasteiger charge is -2.20. The van der Waals surface area contributed by atoms with Gasteiger partial charge in [-0.2, -0.15) is 0 Å². The van der Waals surface area contributed by atoms with Gasteiger partial charge in [0.05, 0.1) is 12.4 Å². The highest BCUT2D eigenvalue weighted by Gasteiger charge is 2.12. The minimum atomic E-state index is 0.457. The molecule has 1 aliphatic carbocycles. The van der Waals surface area contributed by atoms with E-state index >= 15 is 0 Å². The summed E-state index contributed by atoms with van der Waals surface area (Å²) in [7, 11) is 0. The number of hydrogen-bond donors (Lipinski definition) is 0. The summed E-state index contributed by atoms with van der Waals surface area (Å²) in [6, 6.07) is 10.3. The highest BCUT2D eigenvalue weighted by atomic mass is 16.5. The van der Waals surface area contributed by atoms with Crippen molar-refractivity contribution in [2.75, 3.05) is 0 Å². The van der Waals surface area contributed by atoms with E-state index in [9.17, 15) is 0 Å². The highest BCUT2D eigenvalue weighted by molar-refractivity contribution is 5.47. The summed E-state index contributed by atoms with van der Waals surface area (Å²) in [6.07, 6.45) is 10.8. The molecule has 0 radical (unpaired) electrons. The Balaban J connectivity index is 1.79. The maximum atomic E-state index is 5.71. The molecule has 0 aliphatic heterocycles. The lowest BCUT2D eigenvalue weighted by Crippen LogP contribution is -2.13. The van der Waals surface area contributed by atoms with Crippen molar-refractivity contribution in [2.24, 2.45) is 0 Å². The van der Waals surface area contributed by atoms with Crippen LogP contribution in [0.1, 0.15) is 37.7 Å². The number of benzene rings is 1. The molecular weight excluding hydrogens is 184 g/mol. The summed E-state index contributed by atoms with van der Waals surface area (Å²) < 4.78 is 5.71. The molecule has 0 heterocycles. The Kier molecular flexibility index (Phi) is 3.84. The van der Waals surface area contributed by atoms with E-state index in [1.807, 2.05) is 30.5 Å². The Morgan fingerprint density at radius 3 is 2.47 bits per heavy atom. The summed E-state index contributed by atoms with van der Waals surface area (Å²) in [5, 5.41) is 0. The molecule has 2 rings (SSSR count). The zero-order valence-corrected chi connectivity index (χ0v) is 9.06. The van der Waals surface area contributed by atoms with Gasteiger partial charge in [-0.25, -0.2) is 0 Å². The molecule has 0 N–H and O–H groups in total. The monoisotopic (exact) mass is 202 g/mol. The van der Waals surface area contributed by atoms with Crippen molar-refractivity contribution in [1.29, 1.82) is 0 Å². The average molecular weight is 202 g/mol. The Labute approximate surface area is 91.8 Å². The van der Waals surface area contributed by atoms with Crippen LogP contribution in [0.3, 0.4) is 0 Å². The van der Waals surface area contributed by atoms with Gasteiger partial charge < -0.3 is 4.74 Å². The van der Waals surface area contributed by atoms with Gasteiger partial charge in [0, 0.05) is 0 Å². The van der Waals surface area contributed by atoms with Gasteiger partial charge >= 0.3 is 0 Å². The van der Waals surface area contributed by atoms with Crippen molar-refractivity contribution in [2.45, 2.75) is 38.2 Å². The van der Waals surface area contributed by atoms with Gasteiger partial charge in [-0.15, -0.1) is 0 Å². The largest absolute Gasteiger partial charge is 0.498 e. The SMILES string of the molecule is C(=C/c1ccccc1)/OC1CCCCC1. The first-order valence-electron chi connectivity index (χ1n) is 5.82. The molecule has 1 aliphatic rings. The number of rotatable bonds is 3. The van der Waals surface area contributed by atoms with Gasteiger partial charge in [0.15, 0.2) is 0 Å². The second kappa shape index (κ2) is 5.59. The van der Waals surface area contributed by atoms with Crippen molar-refractivity contribution < 1.29 is 4.74 Å². The Hall–Kier alpha value is -1.24. The van der Waals surface area contributed by atoms with Crippen molar-refractivity contribution >= 4 is 6.08 Å². The normalized spacial score (nSPS) is 18.1. The van der Waals surface area contributed by atoms with E-state index in [0.29, 0.717) is 6.10 Å². The Morgan fingerprint density at radius 1 is 1.00 bits per heavy atom. The average Bonchev–Trinajstić information content (AvgIpc) is 2.32. The molecule has 0 bridgehead atoms. The first-order chi connectivity index (χ1) is 7.45. The first kappa shape index (κ1) is 10.3. The van der Waals surface area contributed by atoms with Gasteiger partial charge in [0.2, 0.25) is 0 Å². The molecule has 1 aromatic carbocycles. The van der Waals surface area contributed by atoms with Gasteiger partial charge in [-0.1, -0.05) is 36.8 Å². The van der Waals surface area contributed by atoms with Crippen LogP contribution in [-0.4, -0.2) is 6.10 Å². The van der Waals surface area contributed by atoms with Crippen molar-refractivity contribution in [3.63, 3.8) is 0 Å². The fourth-order valence-corrected chi connectivity index (χ4v) is 1.99. The zero-order valence-electron chi connectivity index (χ0n) is 9.06. The van der Waals surface area contributed by atoms with E-state index in [1.54, 1.807) is 0 Å². The fraction of sp³-hybridized carbons (Fsp3) is 0.429. The van der Waals surface area contributed by atoms with Crippen LogP contribution in [0.2, 0.25) is 0 Å². The van der Waals surface area contributed by atoms with Crippen LogP contribution in [0.15, 0.2) is 36.6 Å². The highest BCUT2D eigenvalue weighted by Crippen LogP contribution is 2.20. The first-order valence-corrected chi connectivity index (χ1v) is 5.82. The summed E-state index contributed by atoms with van der Waals surface area (Å²) >= 11 is 0. The second-order valence-electron chi connectivity index (χ2n) is 4.11. The van der Waals surface area contributed by atoms with Crippen molar-refractivity contribution in [3.8, 4) is 0 Å². The van der Waals surface area contributed by atoms with Gasteiger partial charge in [-0.3, -0.25) is 0 Å². The van der Waals surface area contributed by atoms with Crippen LogP contribution in [-0.2, 0) is 4.74 Å². The Bertz CT molecular complexity index is 296. The lowest BCUT2D eigenvalue weighted by molar-refractivity contribution is 0.108. The van der Waals surface area contributed by atoms with Crippen LogP contribution in [0, 0.1) is 0 Å². The second-order valence-corrected chi connectivity index (χ2v) is 4.11. The molecule has 15 heavy (non-hydrogen) atoms. The maximum absolute atomic E-state index is 5.71. The molecule has 80 valence electrons. The summed E-state index contributed by atoms with van der Waals surface area (Å²) in [5.74, 6) is 0. The molecule has 0 aromatic heterocycles. The van der Waals surface area contributed by atoms with Gasteiger partial charge in [0.1, 0.15) is 0 Å². The lowest BCUT2D eigenvalue weighted by atomic mass is 9.98. The third-order valence-corrected chi connectivity index (χ3v) is 2.88. The molecule has 1 saturated carbocycles. The topological polar surface area (TPSA) is 9.23 Å². The van der Waals surface area contributed by atoms with Crippen LogP contribution in [0.4, 0.5) is 0 Å². The van der Waals surface area contributed by atoms with Crippen LogP contribution in [0.5, 0.6) is 0 Å². The standard InChI is InChI=1S/C14H18O/c1-3-7-13(8-4-1)11-12-15-14-9-5-2-6-10-14/h1,3-4,7-8,11-12,14H,2,5-6,9-10H2/b12-11-. The summed E-state index contributed by atoms with van der Waals surface area (Å²) in [6.45, 7) is 0. The van der Waals surface area contributed by atoms with E-state index in [4.69, 9.17) is 4.74 Å². The van der Waals surface area contributed by atoms with E-state index in [1.165, 1.54) is 37.7 Å². The quantitative estimate of drug-likeness (QED) is 0.673. The van der Waals surface area contributed by atoms with E-state index in [0.717, 1.165) is 0 Å². The van der Waals surface area contributed by atoms with E-state index in [2.05, 4.69) is 12.1 Å². The molecule has 1 heteroatoms. The van der Waals surface area contributed by atoms with Crippen LogP contribution in [0.25, 0.3) is 6.08 Å². The number of hydrogen-bond acceptors (Lipinski definition) is 1. The van der Waals surface area contributed by atoms with Gasteiger partial charge in [0.25, 0.3) is 0 Å². The van der Waals surface area contributed by atoms with Crippen molar-refractivity contribution in [1.82, 2.24) is 0 Å². The number of ether oxygens (including phenoxy) is 1. The molecule has 0 atom stereocenters.